The Kier molecular flexibility index (Phi) is 5.80. The molecule has 5 nitrogen and oxygen atoms in total. The molecule has 0 aromatic carbocycles. The number of nitrogens with zero attached hydrogens (tertiary/aromatic N) is 4. The Morgan fingerprint density at radius 1 is 1.35 bits per heavy atom. The van der Waals surface area contributed by atoms with E-state index in [1.807, 2.05) is 7.05 Å². The summed E-state index contributed by atoms with van der Waals surface area (Å²) in [5.74, 6) is 0. The fourth-order valence-electron chi connectivity index (χ4n) is 1.82. The molecule has 0 radical (unpaired) electrons. The number of rotatable bonds is 7. The normalized spacial score (nSPS) is 13.4. The maximum atomic E-state index is 4.19. The molecule has 0 saturated carbocycles. The predicted molar refractivity (Wildman–Crippen MR) is 73.6 cm³/mol. The molecule has 6 heteroatoms. The van der Waals surface area contributed by atoms with Crippen molar-refractivity contribution in [2.45, 2.75) is 26.4 Å². The molecule has 1 rings (SSSR count). The first-order valence-corrected chi connectivity index (χ1v) is 6.77. The molecule has 0 aliphatic rings. The zero-order chi connectivity index (χ0) is 12.8. The molecule has 1 aromatic heterocycles. The highest BCUT2D eigenvalue weighted by Crippen LogP contribution is 2.17. The Morgan fingerprint density at radius 2 is 2.06 bits per heavy atom. The molecule has 0 aliphatic heterocycles. The summed E-state index contributed by atoms with van der Waals surface area (Å²) in [6.45, 7) is 7.41. The van der Waals surface area contributed by atoms with Crippen LogP contribution in [0.1, 0.15) is 18.9 Å². The minimum atomic E-state index is 0.525. The van der Waals surface area contributed by atoms with Gasteiger partial charge in [-0.3, -0.25) is 4.90 Å². The second-order valence-electron chi connectivity index (χ2n) is 4.43. The van der Waals surface area contributed by atoms with E-state index in [0.717, 1.165) is 29.8 Å². The molecule has 0 bridgehead atoms. The summed E-state index contributed by atoms with van der Waals surface area (Å²) >= 11 is 1.62. The van der Waals surface area contributed by atoms with Crippen molar-refractivity contribution in [2.75, 3.05) is 39.5 Å². The van der Waals surface area contributed by atoms with Crippen LogP contribution in [0.5, 0.6) is 0 Å². The summed E-state index contributed by atoms with van der Waals surface area (Å²) in [6, 6.07) is 0.525. The monoisotopic (exact) mass is 257 g/mol. The van der Waals surface area contributed by atoms with Gasteiger partial charge < -0.3 is 10.2 Å². The lowest BCUT2D eigenvalue weighted by Crippen LogP contribution is -2.39. The average Bonchev–Trinajstić information content (AvgIpc) is 2.72. The van der Waals surface area contributed by atoms with Gasteiger partial charge in [-0.05, 0) is 27.6 Å². The van der Waals surface area contributed by atoms with Gasteiger partial charge in [-0.2, -0.15) is 0 Å². The van der Waals surface area contributed by atoms with E-state index in [1.54, 1.807) is 11.3 Å². The molecule has 98 valence electrons. The zero-order valence-electron chi connectivity index (χ0n) is 11.4. The van der Waals surface area contributed by atoms with Gasteiger partial charge in [-0.15, -0.1) is 10.2 Å². The Balaban J connectivity index is 2.56. The highest BCUT2D eigenvalue weighted by atomic mass is 32.1. The van der Waals surface area contributed by atoms with Crippen molar-refractivity contribution in [3.63, 3.8) is 0 Å². The topological polar surface area (TPSA) is 44.3 Å². The Hall–Kier alpha value is -0.720. The van der Waals surface area contributed by atoms with Crippen LogP contribution in [0.4, 0.5) is 5.13 Å². The van der Waals surface area contributed by atoms with E-state index in [4.69, 9.17) is 0 Å². The van der Waals surface area contributed by atoms with Crippen molar-refractivity contribution < 1.29 is 0 Å². The van der Waals surface area contributed by atoms with Gasteiger partial charge in [0, 0.05) is 19.6 Å². The van der Waals surface area contributed by atoms with Gasteiger partial charge >= 0.3 is 0 Å². The van der Waals surface area contributed by atoms with E-state index in [-0.39, 0.29) is 0 Å². The van der Waals surface area contributed by atoms with E-state index in [2.05, 4.69) is 53.3 Å². The van der Waals surface area contributed by atoms with Crippen molar-refractivity contribution in [3.05, 3.63) is 5.01 Å². The number of likely N-dealkylation sites (N-methyl/N-ethyl adjacent to an activating group) is 2. The van der Waals surface area contributed by atoms with E-state index in [0.29, 0.717) is 6.04 Å². The van der Waals surface area contributed by atoms with Gasteiger partial charge in [-0.25, -0.2) is 0 Å². The van der Waals surface area contributed by atoms with Crippen LogP contribution in [-0.2, 0) is 6.54 Å². The summed E-state index contributed by atoms with van der Waals surface area (Å²) < 4.78 is 0. The fourth-order valence-corrected chi connectivity index (χ4v) is 2.53. The Morgan fingerprint density at radius 3 is 2.53 bits per heavy atom. The summed E-state index contributed by atoms with van der Waals surface area (Å²) in [5, 5.41) is 13.2. The van der Waals surface area contributed by atoms with Crippen LogP contribution in [-0.4, -0.2) is 60.3 Å². The maximum absolute atomic E-state index is 4.19. The standard InChI is InChI=1S/C11H23N5S/c1-6-16(9(2)7-15(4)5)8-10-13-14-11(12-3)17-10/h9H,6-8H2,1-5H3,(H,12,14). The smallest absolute Gasteiger partial charge is 0.205 e. The first-order valence-electron chi connectivity index (χ1n) is 5.95. The van der Waals surface area contributed by atoms with Gasteiger partial charge in [0.05, 0.1) is 6.54 Å². The van der Waals surface area contributed by atoms with Crippen molar-refractivity contribution in [2.24, 2.45) is 0 Å². The minimum Gasteiger partial charge on any atom is -0.363 e. The fraction of sp³-hybridized carbons (Fsp3) is 0.818. The van der Waals surface area contributed by atoms with Crippen LogP contribution < -0.4 is 5.32 Å². The van der Waals surface area contributed by atoms with E-state index >= 15 is 0 Å². The molecule has 0 spiro atoms. The lowest BCUT2D eigenvalue weighted by Gasteiger charge is -2.28. The number of nitrogens with one attached hydrogen (secondary N) is 1. The maximum Gasteiger partial charge on any atom is 0.205 e. The SMILES string of the molecule is CCN(Cc1nnc(NC)s1)C(C)CN(C)C. The van der Waals surface area contributed by atoms with Gasteiger partial charge in [0.1, 0.15) is 5.01 Å². The molecular formula is C11H23N5S. The molecule has 0 aliphatic carbocycles. The lowest BCUT2D eigenvalue weighted by molar-refractivity contribution is 0.174. The number of anilines is 1. The van der Waals surface area contributed by atoms with Crippen LogP contribution in [0, 0.1) is 0 Å². The lowest BCUT2D eigenvalue weighted by atomic mass is 10.2. The van der Waals surface area contributed by atoms with E-state index < -0.39 is 0 Å². The predicted octanol–water partition coefficient (Wildman–Crippen LogP) is 1.35. The third kappa shape index (κ3) is 4.57. The van der Waals surface area contributed by atoms with Crippen molar-refractivity contribution in [1.29, 1.82) is 0 Å². The van der Waals surface area contributed by atoms with Gasteiger partial charge in [0.25, 0.3) is 0 Å². The van der Waals surface area contributed by atoms with E-state index in [9.17, 15) is 0 Å². The van der Waals surface area contributed by atoms with Crippen molar-refractivity contribution >= 4 is 16.5 Å². The quantitative estimate of drug-likeness (QED) is 0.799. The van der Waals surface area contributed by atoms with Gasteiger partial charge in [0.2, 0.25) is 5.13 Å². The second-order valence-corrected chi connectivity index (χ2v) is 5.49. The number of hydrogen-bond acceptors (Lipinski definition) is 6. The highest BCUT2D eigenvalue weighted by Gasteiger charge is 2.15. The van der Waals surface area contributed by atoms with Crippen molar-refractivity contribution in [1.82, 2.24) is 20.0 Å². The van der Waals surface area contributed by atoms with Crippen LogP contribution in [0.25, 0.3) is 0 Å². The van der Waals surface area contributed by atoms with Crippen LogP contribution in [0.3, 0.4) is 0 Å². The third-order valence-electron chi connectivity index (χ3n) is 2.68. The molecule has 1 heterocycles. The number of aromatic nitrogens is 2. The van der Waals surface area contributed by atoms with Crippen LogP contribution in [0.15, 0.2) is 0 Å². The molecule has 0 amide bonds. The Bertz CT molecular complexity index is 325. The van der Waals surface area contributed by atoms with Crippen LogP contribution in [0.2, 0.25) is 0 Å². The third-order valence-corrected chi connectivity index (χ3v) is 3.60. The van der Waals surface area contributed by atoms with Crippen LogP contribution >= 0.6 is 11.3 Å². The first-order chi connectivity index (χ1) is 8.06. The van der Waals surface area contributed by atoms with Gasteiger partial charge in [0.15, 0.2) is 0 Å². The molecule has 0 saturated heterocycles. The molecule has 17 heavy (non-hydrogen) atoms. The largest absolute Gasteiger partial charge is 0.363 e. The average molecular weight is 257 g/mol. The zero-order valence-corrected chi connectivity index (χ0v) is 12.2. The molecule has 1 atom stereocenters. The molecule has 0 fully saturated rings. The summed E-state index contributed by atoms with van der Waals surface area (Å²) in [5.41, 5.74) is 0. The number of hydrogen-bond donors (Lipinski definition) is 1. The van der Waals surface area contributed by atoms with Gasteiger partial charge in [-0.1, -0.05) is 18.3 Å². The summed E-state index contributed by atoms with van der Waals surface area (Å²) in [4.78, 5) is 4.63. The molecule has 1 N–H and O–H groups in total. The summed E-state index contributed by atoms with van der Waals surface area (Å²) in [7, 11) is 6.08. The molecule has 1 unspecified atom stereocenters. The first kappa shape index (κ1) is 14.3. The molecule has 1 aromatic rings. The van der Waals surface area contributed by atoms with E-state index in [1.165, 1.54) is 0 Å². The Labute approximate surface area is 108 Å². The second kappa shape index (κ2) is 6.88. The minimum absolute atomic E-state index is 0.525. The highest BCUT2D eigenvalue weighted by molar-refractivity contribution is 7.15. The summed E-state index contributed by atoms with van der Waals surface area (Å²) in [6.07, 6.45) is 0. The molecular weight excluding hydrogens is 234 g/mol. The van der Waals surface area contributed by atoms with Crippen molar-refractivity contribution in [3.8, 4) is 0 Å².